The number of hydrogen-bond acceptors (Lipinski definition) is 4. The highest BCUT2D eigenvalue weighted by molar-refractivity contribution is 5.71. The number of piperidine rings is 3. The predicted octanol–water partition coefficient (Wildman–Crippen LogP) is 4.22. The minimum atomic E-state index is -0.304. The standard InChI is InChI=1S/C23H26N2O3/c1-16(21-14-24-10-6-18(21)7-11-24)28-23(26)25-12-8-17-4-2-3-5-20(17)22(25)19-9-13-27-15-19/h2-5,9,13,15,18,21-22H,1,6-8,10-12,14H2/t21-,22?/m1/s1. The summed E-state index contributed by atoms with van der Waals surface area (Å²) in [5.74, 6) is 1.48. The van der Waals surface area contributed by atoms with Gasteiger partial charge >= 0.3 is 6.09 Å². The predicted molar refractivity (Wildman–Crippen MR) is 106 cm³/mol. The molecule has 1 unspecified atom stereocenters. The SMILES string of the molecule is C=C(OC(=O)N1CCc2ccccc2C1c1ccoc1)[C@H]1CN2CCC1CC2. The fraction of sp³-hybridized carbons (Fsp3) is 0.435. The Kier molecular flexibility index (Phi) is 4.47. The quantitative estimate of drug-likeness (QED) is 0.751. The summed E-state index contributed by atoms with van der Waals surface area (Å²) in [5, 5.41) is 0. The zero-order chi connectivity index (χ0) is 19.1. The molecule has 6 rings (SSSR count). The number of ether oxygens (including phenoxy) is 1. The Hall–Kier alpha value is -2.53. The van der Waals surface area contributed by atoms with Crippen LogP contribution in [-0.2, 0) is 11.2 Å². The summed E-state index contributed by atoms with van der Waals surface area (Å²) < 4.78 is 11.2. The van der Waals surface area contributed by atoms with E-state index >= 15 is 0 Å². The smallest absolute Gasteiger partial charge is 0.415 e. The maximum atomic E-state index is 13.2. The summed E-state index contributed by atoms with van der Waals surface area (Å²) in [6.45, 7) is 8.06. The van der Waals surface area contributed by atoms with Crippen molar-refractivity contribution < 1.29 is 13.9 Å². The van der Waals surface area contributed by atoms with E-state index in [0.29, 0.717) is 18.2 Å². The summed E-state index contributed by atoms with van der Waals surface area (Å²) in [7, 11) is 0. The van der Waals surface area contributed by atoms with Gasteiger partial charge in [0, 0.05) is 24.6 Å². The van der Waals surface area contributed by atoms with Crippen molar-refractivity contribution in [3.05, 3.63) is 71.9 Å². The van der Waals surface area contributed by atoms with Crippen molar-refractivity contribution >= 4 is 6.09 Å². The van der Waals surface area contributed by atoms with Crippen LogP contribution < -0.4 is 0 Å². The number of fused-ring (bicyclic) bond motifs is 4. The molecule has 2 bridgehead atoms. The van der Waals surface area contributed by atoms with Crippen molar-refractivity contribution in [1.29, 1.82) is 0 Å². The van der Waals surface area contributed by atoms with Crippen LogP contribution in [0.3, 0.4) is 0 Å². The third-order valence-electron chi connectivity index (χ3n) is 6.66. The Balaban J connectivity index is 1.37. The van der Waals surface area contributed by atoms with Crippen LogP contribution in [0, 0.1) is 11.8 Å². The van der Waals surface area contributed by atoms with Gasteiger partial charge in [-0.1, -0.05) is 30.8 Å². The number of furan rings is 1. The molecule has 0 radical (unpaired) electrons. The number of benzene rings is 1. The van der Waals surface area contributed by atoms with E-state index in [-0.39, 0.29) is 18.1 Å². The fourth-order valence-corrected chi connectivity index (χ4v) is 5.13. The molecule has 1 amide bonds. The van der Waals surface area contributed by atoms with Crippen molar-refractivity contribution in [3.63, 3.8) is 0 Å². The molecule has 5 heterocycles. The van der Waals surface area contributed by atoms with Crippen molar-refractivity contribution in [2.75, 3.05) is 26.2 Å². The van der Waals surface area contributed by atoms with E-state index in [1.165, 1.54) is 18.4 Å². The molecule has 3 saturated heterocycles. The van der Waals surface area contributed by atoms with Gasteiger partial charge in [0.1, 0.15) is 5.76 Å². The Labute approximate surface area is 165 Å². The van der Waals surface area contributed by atoms with Gasteiger partial charge in [-0.2, -0.15) is 0 Å². The molecule has 1 aromatic carbocycles. The number of carbonyl (C=O) groups excluding carboxylic acids is 1. The Morgan fingerprint density at radius 3 is 2.68 bits per heavy atom. The lowest BCUT2D eigenvalue weighted by Gasteiger charge is -2.45. The molecule has 0 saturated carbocycles. The lowest BCUT2D eigenvalue weighted by Crippen LogP contribution is -2.48. The molecule has 2 atom stereocenters. The molecule has 0 aliphatic carbocycles. The molecule has 1 aromatic heterocycles. The van der Waals surface area contributed by atoms with Gasteiger partial charge in [-0.25, -0.2) is 4.79 Å². The highest BCUT2D eigenvalue weighted by Crippen LogP contribution is 2.39. The summed E-state index contributed by atoms with van der Waals surface area (Å²) in [5.41, 5.74) is 3.38. The minimum absolute atomic E-state index is 0.185. The molecule has 0 spiro atoms. The van der Waals surface area contributed by atoms with Gasteiger partial charge in [-0.15, -0.1) is 0 Å². The molecule has 4 aliphatic heterocycles. The van der Waals surface area contributed by atoms with E-state index in [1.54, 1.807) is 12.5 Å². The van der Waals surface area contributed by atoms with Crippen molar-refractivity contribution in [1.82, 2.24) is 9.80 Å². The van der Waals surface area contributed by atoms with Crippen molar-refractivity contribution in [2.45, 2.75) is 25.3 Å². The van der Waals surface area contributed by atoms with Crippen LogP contribution >= 0.6 is 0 Å². The molecule has 5 nitrogen and oxygen atoms in total. The lowest BCUT2D eigenvalue weighted by atomic mass is 9.78. The topological polar surface area (TPSA) is 45.9 Å². The van der Waals surface area contributed by atoms with Crippen LogP contribution in [0.25, 0.3) is 0 Å². The van der Waals surface area contributed by atoms with Crippen LogP contribution in [0.2, 0.25) is 0 Å². The monoisotopic (exact) mass is 378 g/mol. The van der Waals surface area contributed by atoms with Crippen LogP contribution in [0.15, 0.2) is 59.6 Å². The molecule has 146 valence electrons. The summed E-state index contributed by atoms with van der Waals surface area (Å²) >= 11 is 0. The summed E-state index contributed by atoms with van der Waals surface area (Å²) in [6, 6.07) is 10.0. The second-order valence-electron chi connectivity index (χ2n) is 8.18. The Bertz CT molecular complexity index is 868. The largest absolute Gasteiger partial charge is 0.472 e. The zero-order valence-corrected chi connectivity index (χ0v) is 16.0. The van der Waals surface area contributed by atoms with E-state index in [4.69, 9.17) is 9.15 Å². The molecule has 28 heavy (non-hydrogen) atoms. The average molecular weight is 378 g/mol. The number of rotatable bonds is 3. The maximum Gasteiger partial charge on any atom is 0.415 e. The zero-order valence-electron chi connectivity index (χ0n) is 16.0. The van der Waals surface area contributed by atoms with Crippen LogP contribution in [-0.4, -0.2) is 42.1 Å². The highest BCUT2D eigenvalue weighted by atomic mass is 16.6. The molecular weight excluding hydrogens is 352 g/mol. The van der Waals surface area contributed by atoms with Gasteiger partial charge in [0.25, 0.3) is 0 Å². The first-order valence-electron chi connectivity index (χ1n) is 10.2. The van der Waals surface area contributed by atoms with Gasteiger partial charge in [-0.05, 0) is 55.5 Å². The highest BCUT2D eigenvalue weighted by Gasteiger charge is 2.39. The van der Waals surface area contributed by atoms with Crippen molar-refractivity contribution in [2.24, 2.45) is 11.8 Å². The number of hydrogen-bond donors (Lipinski definition) is 0. The van der Waals surface area contributed by atoms with E-state index in [9.17, 15) is 4.79 Å². The van der Waals surface area contributed by atoms with Gasteiger partial charge in [0.2, 0.25) is 0 Å². The normalized spacial score (nSPS) is 28.6. The van der Waals surface area contributed by atoms with E-state index in [0.717, 1.165) is 37.2 Å². The Morgan fingerprint density at radius 2 is 1.96 bits per heavy atom. The number of nitrogens with zero attached hydrogens (tertiary/aromatic N) is 2. The van der Waals surface area contributed by atoms with Crippen LogP contribution in [0.1, 0.15) is 35.6 Å². The first-order valence-corrected chi connectivity index (χ1v) is 10.2. The van der Waals surface area contributed by atoms with E-state index in [1.807, 2.05) is 17.0 Å². The first-order chi connectivity index (χ1) is 13.7. The summed E-state index contributed by atoms with van der Waals surface area (Å²) in [4.78, 5) is 17.4. The Morgan fingerprint density at radius 1 is 1.14 bits per heavy atom. The molecular formula is C23H26N2O3. The molecule has 5 heteroatoms. The third kappa shape index (κ3) is 3.04. The third-order valence-corrected chi connectivity index (χ3v) is 6.66. The minimum Gasteiger partial charge on any atom is -0.472 e. The maximum absolute atomic E-state index is 13.2. The molecule has 2 aromatic rings. The van der Waals surface area contributed by atoms with Crippen LogP contribution in [0.5, 0.6) is 0 Å². The van der Waals surface area contributed by atoms with E-state index < -0.39 is 0 Å². The fourth-order valence-electron chi connectivity index (χ4n) is 5.13. The second-order valence-corrected chi connectivity index (χ2v) is 8.18. The first kappa shape index (κ1) is 17.6. The van der Waals surface area contributed by atoms with Crippen molar-refractivity contribution in [3.8, 4) is 0 Å². The average Bonchev–Trinajstić information content (AvgIpc) is 3.28. The van der Waals surface area contributed by atoms with Gasteiger partial charge in [0.05, 0.1) is 18.6 Å². The van der Waals surface area contributed by atoms with Gasteiger partial charge < -0.3 is 14.1 Å². The summed E-state index contributed by atoms with van der Waals surface area (Å²) in [6.07, 6.45) is 6.25. The van der Waals surface area contributed by atoms with Gasteiger partial charge in [0.15, 0.2) is 0 Å². The van der Waals surface area contributed by atoms with E-state index in [2.05, 4.69) is 29.7 Å². The molecule has 0 N–H and O–H groups in total. The second kappa shape index (κ2) is 7.13. The number of amides is 1. The number of carbonyl (C=O) groups is 1. The van der Waals surface area contributed by atoms with Crippen LogP contribution in [0.4, 0.5) is 4.79 Å². The van der Waals surface area contributed by atoms with Gasteiger partial charge in [-0.3, -0.25) is 4.90 Å². The lowest BCUT2D eigenvalue weighted by molar-refractivity contribution is 0.0355. The molecule has 3 fully saturated rings. The molecule has 4 aliphatic rings.